The third kappa shape index (κ3) is 6.61. The van der Waals surface area contributed by atoms with Gasteiger partial charge in [-0.3, -0.25) is 4.79 Å². The topological polar surface area (TPSA) is 41.6 Å². The van der Waals surface area contributed by atoms with Crippen LogP contribution >= 0.6 is 0 Å². The Bertz CT molecular complexity index is 485. The molecule has 0 unspecified atom stereocenters. The third-order valence-electron chi connectivity index (χ3n) is 4.10. The normalized spacial score (nSPS) is 15.5. The molecule has 0 aliphatic carbocycles. The summed E-state index contributed by atoms with van der Waals surface area (Å²) in [7, 11) is 0. The van der Waals surface area contributed by atoms with Crippen molar-refractivity contribution in [1.82, 2.24) is 5.32 Å². The summed E-state index contributed by atoms with van der Waals surface area (Å²) in [5.74, 6) is 0.109. The molecule has 1 aliphatic heterocycles. The second-order valence-electron chi connectivity index (χ2n) is 7.46. The van der Waals surface area contributed by atoms with E-state index in [9.17, 15) is 4.79 Å². The van der Waals surface area contributed by atoms with Gasteiger partial charge in [0.15, 0.2) is 0 Å². The molecule has 1 aromatic carbocycles. The zero-order valence-corrected chi connectivity index (χ0v) is 14.7. The monoisotopic (exact) mass is 318 g/mol. The van der Waals surface area contributed by atoms with Crippen LogP contribution in [0, 0.1) is 5.41 Å². The smallest absolute Gasteiger partial charge is 0.224 e. The van der Waals surface area contributed by atoms with Crippen LogP contribution in [-0.2, 0) is 16.0 Å². The fourth-order valence-electron chi connectivity index (χ4n) is 2.74. The van der Waals surface area contributed by atoms with Gasteiger partial charge in [-0.2, -0.15) is 0 Å². The van der Waals surface area contributed by atoms with E-state index < -0.39 is 0 Å². The van der Waals surface area contributed by atoms with Gasteiger partial charge in [0.05, 0.1) is 19.6 Å². The molecule has 1 aliphatic rings. The average Bonchev–Trinajstić information content (AvgIpc) is 2.52. The van der Waals surface area contributed by atoms with Gasteiger partial charge in [-0.05, 0) is 36.0 Å². The second-order valence-corrected chi connectivity index (χ2v) is 7.46. The van der Waals surface area contributed by atoms with E-state index in [0.717, 1.165) is 51.3 Å². The predicted molar refractivity (Wildman–Crippen MR) is 94.9 cm³/mol. The zero-order chi connectivity index (χ0) is 16.7. The lowest BCUT2D eigenvalue weighted by molar-refractivity contribution is -0.120. The molecule has 0 spiro atoms. The molecule has 0 atom stereocenters. The Morgan fingerprint density at radius 3 is 2.43 bits per heavy atom. The first-order chi connectivity index (χ1) is 10.9. The fourth-order valence-corrected chi connectivity index (χ4v) is 2.74. The Hall–Kier alpha value is -1.55. The van der Waals surface area contributed by atoms with Gasteiger partial charge < -0.3 is 15.0 Å². The molecule has 1 saturated heterocycles. The van der Waals surface area contributed by atoms with Crippen molar-refractivity contribution in [3.63, 3.8) is 0 Å². The van der Waals surface area contributed by atoms with Gasteiger partial charge in [-0.15, -0.1) is 0 Å². The first-order valence-electron chi connectivity index (χ1n) is 8.62. The van der Waals surface area contributed by atoms with Crippen molar-refractivity contribution in [2.75, 3.05) is 37.7 Å². The molecule has 1 N–H and O–H groups in total. The van der Waals surface area contributed by atoms with Crippen molar-refractivity contribution in [2.24, 2.45) is 5.41 Å². The SMILES string of the molecule is CC(C)(C)CCCNC(=O)Cc1ccc(N2CCOCC2)cc1. The minimum atomic E-state index is 0.109. The first-order valence-corrected chi connectivity index (χ1v) is 8.62. The molecule has 1 aromatic rings. The molecule has 0 radical (unpaired) electrons. The lowest BCUT2D eigenvalue weighted by Gasteiger charge is -2.28. The Morgan fingerprint density at radius 1 is 1.17 bits per heavy atom. The molecule has 0 aromatic heterocycles. The fraction of sp³-hybridized carbons (Fsp3) is 0.632. The maximum atomic E-state index is 12.0. The number of hydrogen-bond donors (Lipinski definition) is 1. The van der Waals surface area contributed by atoms with Gasteiger partial charge in [-0.25, -0.2) is 0 Å². The maximum absolute atomic E-state index is 12.0. The molecule has 0 bridgehead atoms. The van der Waals surface area contributed by atoms with Gasteiger partial charge in [-0.1, -0.05) is 32.9 Å². The number of hydrogen-bond acceptors (Lipinski definition) is 3. The standard InChI is InChI=1S/C19H30N2O2/c1-19(2,3)9-4-10-20-18(22)15-16-5-7-17(8-6-16)21-11-13-23-14-12-21/h5-8H,4,9-15H2,1-3H3,(H,20,22). The van der Waals surface area contributed by atoms with E-state index in [0.29, 0.717) is 11.8 Å². The van der Waals surface area contributed by atoms with Crippen LogP contribution in [0.25, 0.3) is 0 Å². The van der Waals surface area contributed by atoms with E-state index >= 15 is 0 Å². The van der Waals surface area contributed by atoms with E-state index in [2.05, 4.69) is 55.3 Å². The molecule has 1 amide bonds. The summed E-state index contributed by atoms with van der Waals surface area (Å²) < 4.78 is 5.37. The van der Waals surface area contributed by atoms with E-state index in [-0.39, 0.29) is 5.91 Å². The van der Waals surface area contributed by atoms with E-state index in [1.54, 1.807) is 0 Å². The summed E-state index contributed by atoms with van der Waals surface area (Å²) in [6.07, 6.45) is 2.62. The van der Waals surface area contributed by atoms with Gasteiger partial charge in [0.2, 0.25) is 5.91 Å². The van der Waals surface area contributed by atoms with Crippen LogP contribution in [0.1, 0.15) is 39.2 Å². The van der Waals surface area contributed by atoms with Gasteiger partial charge in [0.25, 0.3) is 0 Å². The number of ether oxygens (including phenoxy) is 1. The Balaban J connectivity index is 1.73. The van der Waals surface area contributed by atoms with Crippen LogP contribution in [0.4, 0.5) is 5.69 Å². The minimum absolute atomic E-state index is 0.109. The Kier molecular flexibility index (Phi) is 6.46. The quantitative estimate of drug-likeness (QED) is 0.820. The molecule has 23 heavy (non-hydrogen) atoms. The number of rotatable bonds is 6. The van der Waals surface area contributed by atoms with Crippen LogP contribution in [0.3, 0.4) is 0 Å². The highest BCUT2D eigenvalue weighted by molar-refractivity contribution is 5.78. The van der Waals surface area contributed by atoms with Crippen molar-refractivity contribution < 1.29 is 9.53 Å². The molecular weight excluding hydrogens is 288 g/mol. The number of carbonyl (C=O) groups is 1. The number of carbonyl (C=O) groups excluding carboxylic acids is 1. The Morgan fingerprint density at radius 2 is 1.83 bits per heavy atom. The number of anilines is 1. The summed E-state index contributed by atoms with van der Waals surface area (Å²) in [6, 6.07) is 8.32. The molecular formula is C19H30N2O2. The maximum Gasteiger partial charge on any atom is 0.224 e. The number of benzene rings is 1. The summed E-state index contributed by atoms with van der Waals surface area (Å²) in [5, 5.41) is 3.02. The van der Waals surface area contributed by atoms with E-state index in [4.69, 9.17) is 4.74 Å². The predicted octanol–water partition coefficient (Wildman–Crippen LogP) is 3.01. The van der Waals surface area contributed by atoms with Crippen molar-refractivity contribution >= 4 is 11.6 Å². The summed E-state index contributed by atoms with van der Waals surface area (Å²) in [5.41, 5.74) is 2.61. The minimum Gasteiger partial charge on any atom is -0.378 e. The lowest BCUT2D eigenvalue weighted by Crippen LogP contribution is -2.36. The number of nitrogens with zero attached hydrogens (tertiary/aromatic N) is 1. The van der Waals surface area contributed by atoms with Crippen molar-refractivity contribution in [3.05, 3.63) is 29.8 Å². The molecule has 0 saturated carbocycles. The number of morpholine rings is 1. The van der Waals surface area contributed by atoms with Crippen LogP contribution in [0.2, 0.25) is 0 Å². The summed E-state index contributed by atoms with van der Waals surface area (Å²) in [4.78, 5) is 14.3. The van der Waals surface area contributed by atoms with Crippen LogP contribution in [0.15, 0.2) is 24.3 Å². The molecule has 4 nitrogen and oxygen atoms in total. The van der Waals surface area contributed by atoms with Gasteiger partial charge in [0.1, 0.15) is 0 Å². The lowest BCUT2D eigenvalue weighted by atomic mass is 9.91. The highest BCUT2D eigenvalue weighted by Gasteiger charge is 2.12. The zero-order valence-electron chi connectivity index (χ0n) is 14.7. The average molecular weight is 318 g/mol. The summed E-state index contributed by atoms with van der Waals surface area (Å²) >= 11 is 0. The number of amides is 1. The molecule has 4 heteroatoms. The van der Waals surface area contributed by atoms with Crippen LogP contribution in [0.5, 0.6) is 0 Å². The molecule has 1 fully saturated rings. The molecule has 2 rings (SSSR count). The highest BCUT2D eigenvalue weighted by Crippen LogP contribution is 2.20. The third-order valence-corrected chi connectivity index (χ3v) is 4.10. The van der Waals surface area contributed by atoms with E-state index in [1.807, 2.05) is 0 Å². The van der Waals surface area contributed by atoms with Crippen molar-refractivity contribution in [1.29, 1.82) is 0 Å². The molecule has 1 heterocycles. The Labute approximate surface area is 140 Å². The highest BCUT2D eigenvalue weighted by atomic mass is 16.5. The largest absolute Gasteiger partial charge is 0.378 e. The second kappa shape index (κ2) is 8.34. The molecule has 128 valence electrons. The van der Waals surface area contributed by atoms with E-state index in [1.165, 1.54) is 5.69 Å². The van der Waals surface area contributed by atoms with Gasteiger partial charge >= 0.3 is 0 Å². The van der Waals surface area contributed by atoms with Crippen LogP contribution in [-0.4, -0.2) is 38.8 Å². The van der Waals surface area contributed by atoms with Crippen molar-refractivity contribution in [2.45, 2.75) is 40.0 Å². The number of nitrogens with one attached hydrogen (secondary N) is 1. The first kappa shape index (κ1) is 17.8. The van der Waals surface area contributed by atoms with Gasteiger partial charge in [0, 0.05) is 25.3 Å². The van der Waals surface area contributed by atoms with Crippen LogP contribution < -0.4 is 10.2 Å². The summed E-state index contributed by atoms with van der Waals surface area (Å²) in [6.45, 7) is 10.9. The van der Waals surface area contributed by atoms with Crippen molar-refractivity contribution in [3.8, 4) is 0 Å².